The lowest BCUT2D eigenvalue weighted by Crippen LogP contribution is -2.58. The Balaban J connectivity index is 2.28. The molecule has 5 heteroatoms. The number of hydrogen-bond donors (Lipinski definition) is 2. The number of carbonyl (C=O) groups is 1. The third kappa shape index (κ3) is 1.59. The molecule has 15 heavy (non-hydrogen) atoms. The number of ether oxygens (including phenoxy) is 1. The lowest BCUT2D eigenvalue weighted by Gasteiger charge is -2.43. The zero-order chi connectivity index (χ0) is 11.4. The van der Waals surface area contributed by atoms with Crippen LogP contribution in [0.15, 0.2) is 0 Å². The van der Waals surface area contributed by atoms with Gasteiger partial charge in [-0.1, -0.05) is 29.5 Å². The SMILES string of the molecule is C[C@H]1C(=O)O[C@H]2[C@@H]1C[C@@H](O)[C@@](C)(O)[C@@H]2I. The summed E-state index contributed by atoms with van der Waals surface area (Å²) in [5.41, 5.74) is -1.17. The van der Waals surface area contributed by atoms with Crippen LogP contribution in [0.25, 0.3) is 0 Å². The number of esters is 1. The molecule has 2 aliphatic rings. The maximum atomic E-state index is 11.4. The number of alkyl halides is 1. The number of hydrogen-bond acceptors (Lipinski definition) is 4. The van der Waals surface area contributed by atoms with E-state index in [2.05, 4.69) is 22.6 Å². The summed E-state index contributed by atoms with van der Waals surface area (Å²) < 4.78 is 5.00. The van der Waals surface area contributed by atoms with Crippen molar-refractivity contribution in [2.45, 2.75) is 42.0 Å². The van der Waals surface area contributed by atoms with Crippen LogP contribution in [0, 0.1) is 11.8 Å². The van der Waals surface area contributed by atoms with Crippen molar-refractivity contribution in [2.24, 2.45) is 11.8 Å². The number of halogens is 1. The topological polar surface area (TPSA) is 66.8 Å². The molecule has 4 nitrogen and oxygen atoms in total. The van der Waals surface area contributed by atoms with Crippen LogP contribution in [0.1, 0.15) is 20.3 Å². The second kappa shape index (κ2) is 3.56. The molecule has 1 heterocycles. The van der Waals surface area contributed by atoms with Gasteiger partial charge >= 0.3 is 5.97 Å². The average molecular weight is 326 g/mol. The fourth-order valence-electron chi connectivity index (χ4n) is 2.42. The van der Waals surface area contributed by atoms with Crippen molar-refractivity contribution in [2.75, 3.05) is 0 Å². The van der Waals surface area contributed by atoms with E-state index in [-0.39, 0.29) is 27.8 Å². The van der Waals surface area contributed by atoms with Gasteiger partial charge in [0.1, 0.15) is 11.7 Å². The summed E-state index contributed by atoms with van der Waals surface area (Å²) in [6, 6.07) is 0. The summed E-state index contributed by atoms with van der Waals surface area (Å²) in [6.45, 7) is 3.42. The summed E-state index contributed by atoms with van der Waals surface area (Å²) in [6.07, 6.45) is -0.603. The molecule has 0 spiro atoms. The Morgan fingerprint density at radius 2 is 2.20 bits per heavy atom. The Morgan fingerprint density at radius 3 is 2.80 bits per heavy atom. The lowest BCUT2D eigenvalue weighted by molar-refractivity contribution is -0.149. The first kappa shape index (κ1) is 11.6. The van der Waals surface area contributed by atoms with Crippen molar-refractivity contribution in [3.8, 4) is 0 Å². The van der Waals surface area contributed by atoms with Crippen molar-refractivity contribution in [1.29, 1.82) is 0 Å². The van der Waals surface area contributed by atoms with E-state index < -0.39 is 11.7 Å². The third-order valence-corrected chi connectivity index (χ3v) is 5.67. The molecule has 2 N–H and O–H groups in total. The minimum atomic E-state index is -1.17. The van der Waals surface area contributed by atoms with Gasteiger partial charge in [-0.25, -0.2) is 0 Å². The Labute approximate surface area is 102 Å². The predicted molar refractivity (Wildman–Crippen MR) is 61.6 cm³/mol. The fraction of sp³-hybridized carbons (Fsp3) is 0.900. The zero-order valence-corrected chi connectivity index (χ0v) is 10.8. The number of fused-ring (bicyclic) bond motifs is 1. The molecule has 1 aliphatic carbocycles. The molecule has 0 aromatic heterocycles. The molecule has 1 aliphatic heterocycles. The summed E-state index contributed by atoms with van der Waals surface area (Å²) in [5, 5.41) is 19.9. The van der Waals surface area contributed by atoms with Crippen molar-refractivity contribution in [3.63, 3.8) is 0 Å². The van der Waals surface area contributed by atoms with Gasteiger partial charge in [-0.2, -0.15) is 0 Å². The highest BCUT2D eigenvalue weighted by Gasteiger charge is 2.57. The summed E-state index contributed by atoms with van der Waals surface area (Å²) in [7, 11) is 0. The minimum absolute atomic E-state index is 0.0367. The Kier molecular flexibility index (Phi) is 2.76. The van der Waals surface area contributed by atoms with E-state index in [9.17, 15) is 15.0 Å². The Morgan fingerprint density at radius 1 is 1.60 bits per heavy atom. The van der Waals surface area contributed by atoms with E-state index in [4.69, 9.17) is 4.74 Å². The summed E-state index contributed by atoms with van der Waals surface area (Å²) in [5.74, 6) is -0.343. The normalized spacial score (nSPS) is 55.0. The molecule has 0 aromatic rings. The average Bonchev–Trinajstić information content (AvgIpc) is 2.43. The molecule has 0 radical (unpaired) electrons. The first-order valence-electron chi connectivity index (χ1n) is 5.10. The molecule has 6 atom stereocenters. The largest absolute Gasteiger partial charge is 0.461 e. The van der Waals surface area contributed by atoms with Crippen LogP contribution < -0.4 is 0 Å². The van der Waals surface area contributed by atoms with Crippen LogP contribution in [0.5, 0.6) is 0 Å². The quantitative estimate of drug-likeness (QED) is 0.386. The van der Waals surface area contributed by atoms with E-state index >= 15 is 0 Å². The van der Waals surface area contributed by atoms with Crippen molar-refractivity contribution < 1.29 is 19.7 Å². The van der Waals surface area contributed by atoms with Crippen molar-refractivity contribution in [1.82, 2.24) is 0 Å². The van der Waals surface area contributed by atoms with Gasteiger partial charge in [-0.3, -0.25) is 4.79 Å². The van der Waals surface area contributed by atoms with Gasteiger partial charge in [-0.15, -0.1) is 0 Å². The Bertz CT molecular complexity index is 291. The summed E-state index contributed by atoms with van der Waals surface area (Å²) in [4.78, 5) is 11.4. The highest BCUT2D eigenvalue weighted by molar-refractivity contribution is 14.1. The number of rotatable bonds is 0. The van der Waals surface area contributed by atoms with Gasteiger partial charge in [0.25, 0.3) is 0 Å². The molecule has 1 saturated carbocycles. The van der Waals surface area contributed by atoms with Crippen LogP contribution in [0.3, 0.4) is 0 Å². The van der Waals surface area contributed by atoms with Crippen molar-refractivity contribution >= 4 is 28.6 Å². The van der Waals surface area contributed by atoms with Gasteiger partial charge in [0, 0.05) is 5.92 Å². The first-order chi connectivity index (χ1) is 6.85. The molecule has 2 fully saturated rings. The molecule has 86 valence electrons. The third-order valence-electron chi connectivity index (χ3n) is 3.71. The standard InChI is InChI=1S/C10H15IO4/c1-4-5-3-6(12)10(2,14)8(11)7(5)15-9(4)13/h4-8,12,14H,3H2,1-2H3/t4-,5-,6-,7+,8-,10-/m1/s1. The van der Waals surface area contributed by atoms with Gasteiger partial charge < -0.3 is 14.9 Å². The smallest absolute Gasteiger partial charge is 0.309 e. The lowest BCUT2D eigenvalue weighted by atomic mass is 9.73. The zero-order valence-electron chi connectivity index (χ0n) is 8.68. The summed E-state index contributed by atoms with van der Waals surface area (Å²) >= 11 is 2.06. The molecular formula is C10H15IO4. The molecule has 0 bridgehead atoms. The van der Waals surface area contributed by atoms with Crippen LogP contribution in [-0.2, 0) is 9.53 Å². The second-order valence-electron chi connectivity index (χ2n) is 4.73. The maximum Gasteiger partial charge on any atom is 0.309 e. The highest BCUT2D eigenvalue weighted by atomic mass is 127. The molecule has 0 unspecified atom stereocenters. The van der Waals surface area contributed by atoms with Crippen LogP contribution >= 0.6 is 22.6 Å². The van der Waals surface area contributed by atoms with E-state index in [0.29, 0.717) is 6.42 Å². The molecule has 0 aromatic carbocycles. The number of aliphatic hydroxyl groups is 2. The second-order valence-corrected chi connectivity index (χ2v) is 6.08. The predicted octanol–water partition coefficient (Wildman–Crippen LogP) is 0.483. The van der Waals surface area contributed by atoms with E-state index in [1.807, 2.05) is 6.92 Å². The Hall–Kier alpha value is 0.120. The van der Waals surface area contributed by atoms with E-state index in [0.717, 1.165) is 0 Å². The maximum absolute atomic E-state index is 11.4. The minimum Gasteiger partial charge on any atom is -0.461 e. The van der Waals surface area contributed by atoms with Crippen LogP contribution in [0.4, 0.5) is 0 Å². The first-order valence-corrected chi connectivity index (χ1v) is 6.35. The monoisotopic (exact) mass is 326 g/mol. The van der Waals surface area contributed by atoms with E-state index in [1.54, 1.807) is 6.92 Å². The van der Waals surface area contributed by atoms with Gasteiger partial charge in [0.2, 0.25) is 0 Å². The number of aliphatic hydroxyl groups excluding tert-OH is 1. The molecule has 0 amide bonds. The highest BCUT2D eigenvalue weighted by Crippen LogP contribution is 2.45. The van der Waals surface area contributed by atoms with Crippen molar-refractivity contribution in [3.05, 3.63) is 0 Å². The molecular weight excluding hydrogens is 311 g/mol. The number of carbonyl (C=O) groups excluding carboxylic acids is 1. The van der Waals surface area contributed by atoms with Gasteiger partial charge in [0.15, 0.2) is 0 Å². The molecule has 2 rings (SSSR count). The van der Waals surface area contributed by atoms with Gasteiger partial charge in [-0.05, 0) is 13.3 Å². The van der Waals surface area contributed by atoms with E-state index in [1.165, 1.54) is 0 Å². The van der Waals surface area contributed by atoms with Crippen LogP contribution in [0.2, 0.25) is 0 Å². The van der Waals surface area contributed by atoms with Gasteiger partial charge in [0.05, 0.1) is 15.9 Å². The molecule has 1 saturated heterocycles. The van der Waals surface area contributed by atoms with Crippen LogP contribution in [-0.4, -0.2) is 37.9 Å². The fourth-order valence-corrected chi connectivity index (χ4v) is 3.51.